The SMILES string of the molecule is CCCOC(=O)c1ccc(NC(=O)CC2CCNC2)cc1. The van der Waals surface area contributed by atoms with Crippen molar-refractivity contribution in [2.45, 2.75) is 26.2 Å². The van der Waals surface area contributed by atoms with Crippen LogP contribution in [0.4, 0.5) is 5.69 Å². The van der Waals surface area contributed by atoms with Crippen LogP contribution in [0.15, 0.2) is 24.3 Å². The monoisotopic (exact) mass is 290 g/mol. The fourth-order valence-electron chi connectivity index (χ4n) is 2.33. The van der Waals surface area contributed by atoms with E-state index in [1.54, 1.807) is 24.3 Å². The van der Waals surface area contributed by atoms with Crippen molar-refractivity contribution in [1.29, 1.82) is 0 Å². The summed E-state index contributed by atoms with van der Waals surface area (Å²) >= 11 is 0. The molecule has 1 heterocycles. The zero-order valence-corrected chi connectivity index (χ0v) is 12.4. The minimum Gasteiger partial charge on any atom is -0.462 e. The van der Waals surface area contributed by atoms with E-state index >= 15 is 0 Å². The molecule has 1 aromatic carbocycles. The first-order valence-corrected chi connectivity index (χ1v) is 7.46. The molecular weight excluding hydrogens is 268 g/mol. The van der Waals surface area contributed by atoms with Gasteiger partial charge in [-0.2, -0.15) is 0 Å². The van der Waals surface area contributed by atoms with Crippen LogP contribution < -0.4 is 10.6 Å². The summed E-state index contributed by atoms with van der Waals surface area (Å²) in [5, 5.41) is 6.11. The third-order valence-corrected chi connectivity index (χ3v) is 3.48. The zero-order valence-electron chi connectivity index (χ0n) is 12.4. The first kappa shape index (κ1) is 15.5. The molecule has 1 atom stereocenters. The topological polar surface area (TPSA) is 67.4 Å². The summed E-state index contributed by atoms with van der Waals surface area (Å²) < 4.78 is 5.05. The van der Waals surface area contributed by atoms with Gasteiger partial charge in [0.1, 0.15) is 0 Å². The van der Waals surface area contributed by atoms with Crippen molar-refractivity contribution in [3.05, 3.63) is 29.8 Å². The number of nitrogens with one attached hydrogen (secondary N) is 2. The van der Waals surface area contributed by atoms with Gasteiger partial charge in [0.05, 0.1) is 12.2 Å². The van der Waals surface area contributed by atoms with E-state index < -0.39 is 0 Å². The van der Waals surface area contributed by atoms with E-state index in [0.29, 0.717) is 30.2 Å². The molecule has 0 radical (unpaired) electrons. The number of amides is 1. The molecule has 1 fully saturated rings. The highest BCUT2D eigenvalue weighted by molar-refractivity contribution is 5.93. The van der Waals surface area contributed by atoms with E-state index in [1.807, 2.05) is 6.92 Å². The Kier molecular flexibility index (Phi) is 5.75. The molecule has 21 heavy (non-hydrogen) atoms. The molecule has 114 valence electrons. The minimum atomic E-state index is -0.327. The Morgan fingerprint density at radius 2 is 2.10 bits per heavy atom. The van der Waals surface area contributed by atoms with Gasteiger partial charge in [-0.3, -0.25) is 4.79 Å². The minimum absolute atomic E-state index is 0.0185. The molecule has 1 aliphatic heterocycles. The number of anilines is 1. The average molecular weight is 290 g/mol. The summed E-state index contributed by atoms with van der Waals surface area (Å²) in [7, 11) is 0. The maximum atomic E-state index is 11.9. The van der Waals surface area contributed by atoms with E-state index in [9.17, 15) is 9.59 Å². The lowest BCUT2D eigenvalue weighted by molar-refractivity contribution is -0.116. The molecule has 1 amide bonds. The maximum absolute atomic E-state index is 11.9. The molecule has 5 nitrogen and oxygen atoms in total. The highest BCUT2D eigenvalue weighted by Crippen LogP contribution is 2.15. The average Bonchev–Trinajstić information content (AvgIpc) is 2.98. The van der Waals surface area contributed by atoms with Crippen LogP contribution in [0.5, 0.6) is 0 Å². The van der Waals surface area contributed by atoms with Gasteiger partial charge in [0.2, 0.25) is 5.91 Å². The van der Waals surface area contributed by atoms with Crippen molar-refractivity contribution in [1.82, 2.24) is 5.32 Å². The Balaban J connectivity index is 1.83. The summed E-state index contributed by atoms with van der Waals surface area (Å²) in [6, 6.07) is 6.80. The van der Waals surface area contributed by atoms with Crippen LogP contribution in [-0.4, -0.2) is 31.6 Å². The van der Waals surface area contributed by atoms with Gasteiger partial charge >= 0.3 is 5.97 Å². The van der Waals surface area contributed by atoms with Gasteiger partial charge < -0.3 is 15.4 Å². The normalized spacial score (nSPS) is 17.5. The number of hydrogen-bond acceptors (Lipinski definition) is 4. The van der Waals surface area contributed by atoms with E-state index in [0.717, 1.165) is 25.9 Å². The molecule has 2 N–H and O–H groups in total. The van der Waals surface area contributed by atoms with Crippen molar-refractivity contribution in [3.63, 3.8) is 0 Å². The molecule has 0 bridgehead atoms. The van der Waals surface area contributed by atoms with Crippen LogP contribution in [0, 0.1) is 5.92 Å². The molecule has 1 aromatic rings. The number of benzene rings is 1. The Hall–Kier alpha value is -1.88. The Morgan fingerprint density at radius 1 is 1.33 bits per heavy atom. The van der Waals surface area contributed by atoms with Gasteiger partial charge in [-0.1, -0.05) is 6.92 Å². The maximum Gasteiger partial charge on any atom is 0.338 e. The molecule has 0 aliphatic carbocycles. The predicted molar refractivity (Wildman–Crippen MR) is 81.2 cm³/mol. The summed E-state index contributed by atoms with van der Waals surface area (Å²) in [6.07, 6.45) is 2.39. The summed E-state index contributed by atoms with van der Waals surface area (Å²) in [6.45, 7) is 4.28. The van der Waals surface area contributed by atoms with Crippen molar-refractivity contribution in [2.24, 2.45) is 5.92 Å². The third kappa shape index (κ3) is 4.86. The van der Waals surface area contributed by atoms with Crippen molar-refractivity contribution in [3.8, 4) is 0 Å². The second-order valence-electron chi connectivity index (χ2n) is 5.32. The van der Waals surface area contributed by atoms with Gasteiger partial charge in [0.25, 0.3) is 0 Å². The van der Waals surface area contributed by atoms with Gasteiger partial charge in [0.15, 0.2) is 0 Å². The highest BCUT2D eigenvalue weighted by Gasteiger charge is 2.18. The lowest BCUT2D eigenvalue weighted by atomic mass is 10.0. The standard InChI is InChI=1S/C16H22N2O3/c1-2-9-21-16(20)13-3-5-14(6-4-13)18-15(19)10-12-7-8-17-11-12/h3-6,12,17H,2,7-11H2,1H3,(H,18,19). The summed E-state index contributed by atoms with van der Waals surface area (Å²) in [5.74, 6) is 0.116. The number of carbonyl (C=O) groups excluding carboxylic acids is 2. The second-order valence-corrected chi connectivity index (χ2v) is 5.32. The molecule has 1 unspecified atom stereocenters. The molecule has 0 spiro atoms. The van der Waals surface area contributed by atoms with Gasteiger partial charge in [-0.15, -0.1) is 0 Å². The highest BCUT2D eigenvalue weighted by atomic mass is 16.5. The molecular formula is C16H22N2O3. The van der Waals surface area contributed by atoms with E-state index in [2.05, 4.69) is 10.6 Å². The van der Waals surface area contributed by atoms with Crippen molar-refractivity contribution in [2.75, 3.05) is 25.0 Å². The van der Waals surface area contributed by atoms with Crippen molar-refractivity contribution >= 4 is 17.6 Å². The third-order valence-electron chi connectivity index (χ3n) is 3.48. The lowest BCUT2D eigenvalue weighted by Gasteiger charge is -2.09. The van der Waals surface area contributed by atoms with Crippen LogP contribution in [0.25, 0.3) is 0 Å². The van der Waals surface area contributed by atoms with Gasteiger partial charge in [-0.05, 0) is 56.1 Å². The number of ether oxygens (including phenoxy) is 1. The smallest absolute Gasteiger partial charge is 0.338 e. The van der Waals surface area contributed by atoms with Crippen LogP contribution in [0.3, 0.4) is 0 Å². The predicted octanol–water partition coefficient (Wildman–Crippen LogP) is 2.19. The van der Waals surface area contributed by atoms with Gasteiger partial charge in [-0.25, -0.2) is 4.79 Å². The molecule has 0 saturated carbocycles. The first-order valence-electron chi connectivity index (χ1n) is 7.46. The lowest BCUT2D eigenvalue weighted by Crippen LogP contribution is -2.18. The molecule has 2 rings (SSSR count). The van der Waals surface area contributed by atoms with E-state index in [4.69, 9.17) is 4.74 Å². The van der Waals surface area contributed by atoms with Crippen LogP contribution in [0.2, 0.25) is 0 Å². The quantitative estimate of drug-likeness (QED) is 0.788. The second kappa shape index (κ2) is 7.78. The number of carbonyl (C=O) groups is 2. The fourth-order valence-corrected chi connectivity index (χ4v) is 2.33. The number of esters is 1. The molecule has 1 aliphatic rings. The summed E-state index contributed by atoms with van der Waals surface area (Å²) in [4.78, 5) is 23.5. The van der Waals surface area contributed by atoms with Crippen LogP contribution in [0.1, 0.15) is 36.5 Å². The summed E-state index contributed by atoms with van der Waals surface area (Å²) in [5.41, 5.74) is 1.21. The molecule has 0 aromatic heterocycles. The van der Waals surface area contributed by atoms with Crippen LogP contribution >= 0.6 is 0 Å². The zero-order chi connectivity index (χ0) is 15.1. The number of hydrogen-bond donors (Lipinski definition) is 2. The first-order chi connectivity index (χ1) is 10.2. The largest absolute Gasteiger partial charge is 0.462 e. The Bertz CT molecular complexity index is 479. The van der Waals surface area contributed by atoms with Crippen LogP contribution in [-0.2, 0) is 9.53 Å². The Morgan fingerprint density at radius 3 is 2.71 bits per heavy atom. The van der Waals surface area contributed by atoms with Gasteiger partial charge in [0, 0.05) is 12.1 Å². The molecule has 1 saturated heterocycles. The molecule has 5 heteroatoms. The van der Waals surface area contributed by atoms with Crippen molar-refractivity contribution < 1.29 is 14.3 Å². The Labute approximate surface area is 125 Å². The fraction of sp³-hybridized carbons (Fsp3) is 0.500. The van der Waals surface area contributed by atoms with E-state index in [-0.39, 0.29) is 11.9 Å². The number of rotatable bonds is 6. The van der Waals surface area contributed by atoms with E-state index in [1.165, 1.54) is 0 Å².